The fraction of sp³-hybridized carbons (Fsp3) is 0.478. The fourth-order valence-corrected chi connectivity index (χ4v) is 3.12. The summed E-state index contributed by atoms with van der Waals surface area (Å²) in [5, 5.41) is 0. The van der Waals surface area contributed by atoms with E-state index in [9.17, 15) is 17.6 Å². The van der Waals surface area contributed by atoms with Crippen LogP contribution in [0.3, 0.4) is 0 Å². The number of rotatable bonds is 11. The van der Waals surface area contributed by atoms with Crippen molar-refractivity contribution in [2.45, 2.75) is 65.2 Å². The first-order valence-electron chi connectivity index (χ1n) is 10.1. The maximum Gasteiger partial charge on any atom is 0.201 e. The van der Waals surface area contributed by atoms with Crippen molar-refractivity contribution in [1.29, 1.82) is 0 Å². The highest BCUT2D eigenvalue weighted by Gasteiger charge is 2.21. The van der Waals surface area contributed by atoms with E-state index in [2.05, 4.69) is 6.92 Å². The molecule has 2 rings (SSSR count). The van der Waals surface area contributed by atoms with Gasteiger partial charge in [0, 0.05) is 11.1 Å². The Morgan fingerprint density at radius 3 is 1.93 bits per heavy atom. The first-order chi connectivity index (χ1) is 13.5. The molecule has 0 atom stereocenters. The maximum absolute atomic E-state index is 14.5. The zero-order valence-corrected chi connectivity index (χ0v) is 16.6. The van der Waals surface area contributed by atoms with Gasteiger partial charge in [0.25, 0.3) is 0 Å². The van der Waals surface area contributed by atoms with E-state index in [-0.39, 0.29) is 29.0 Å². The summed E-state index contributed by atoms with van der Waals surface area (Å²) >= 11 is 0. The summed E-state index contributed by atoms with van der Waals surface area (Å²) in [4.78, 5) is 0. The zero-order valence-electron chi connectivity index (χ0n) is 16.6. The highest BCUT2D eigenvalue weighted by atomic mass is 19.2. The van der Waals surface area contributed by atoms with Crippen LogP contribution < -0.4 is 4.74 Å². The largest absolute Gasteiger partial charge is 0.490 e. The number of halogens is 4. The molecular formula is C23H28F4O. The van der Waals surface area contributed by atoms with Crippen LogP contribution in [0.1, 0.15) is 64.4 Å². The highest BCUT2D eigenvalue weighted by Crippen LogP contribution is 2.33. The lowest BCUT2D eigenvalue weighted by atomic mass is 9.99. The number of hydrogen-bond donors (Lipinski definition) is 0. The second-order valence-electron chi connectivity index (χ2n) is 7.01. The normalized spacial score (nSPS) is 11.1. The van der Waals surface area contributed by atoms with Crippen molar-refractivity contribution in [3.05, 3.63) is 53.1 Å². The SMILES string of the molecule is CCCCCCOc1ccc(-c2ccc(CCCCC)c(F)c2F)c(F)c1F. The number of hydrogen-bond acceptors (Lipinski definition) is 1. The lowest BCUT2D eigenvalue weighted by Crippen LogP contribution is -2.03. The van der Waals surface area contributed by atoms with E-state index >= 15 is 0 Å². The van der Waals surface area contributed by atoms with Crippen molar-refractivity contribution in [2.24, 2.45) is 0 Å². The molecule has 28 heavy (non-hydrogen) atoms. The summed E-state index contributed by atoms with van der Waals surface area (Å²) in [7, 11) is 0. The van der Waals surface area contributed by atoms with Crippen molar-refractivity contribution in [3.8, 4) is 16.9 Å². The highest BCUT2D eigenvalue weighted by molar-refractivity contribution is 5.66. The number of unbranched alkanes of at least 4 members (excludes halogenated alkanes) is 5. The Balaban J connectivity index is 2.19. The summed E-state index contributed by atoms with van der Waals surface area (Å²) in [6.07, 6.45) is 6.87. The van der Waals surface area contributed by atoms with Gasteiger partial charge in [-0.3, -0.25) is 0 Å². The summed E-state index contributed by atoms with van der Waals surface area (Å²) < 4.78 is 63.0. The van der Waals surface area contributed by atoms with E-state index in [4.69, 9.17) is 4.74 Å². The van der Waals surface area contributed by atoms with Gasteiger partial charge in [-0.25, -0.2) is 13.2 Å². The van der Waals surface area contributed by atoms with Crippen molar-refractivity contribution in [1.82, 2.24) is 0 Å². The molecule has 0 fully saturated rings. The van der Waals surface area contributed by atoms with Gasteiger partial charge in [-0.2, -0.15) is 4.39 Å². The van der Waals surface area contributed by atoms with E-state index in [0.29, 0.717) is 6.42 Å². The lowest BCUT2D eigenvalue weighted by Gasteiger charge is -2.12. The molecule has 2 aromatic carbocycles. The summed E-state index contributed by atoms with van der Waals surface area (Å²) in [6.45, 7) is 4.38. The predicted octanol–water partition coefficient (Wildman–Crippen LogP) is 7.60. The molecule has 0 aromatic heterocycles. The Morgan fingerprint density at radius 1 is 0.643 bits per heavy atom. The van der Waals surface area contributed by atoms with E-state index in [1.807, 2.05) is 6.92 Å². The van der Waals surface area contributed by atoms with Crippen LogP contribution in [0.25, 0.3) is 11.1 Å². The van der Waals surface area contributed by atoms with E-state index < -0.39 is 23.3 Å². The van der Waals surface area contributed by atoms with Gasteiger partial charge in [0.1, 0.15) is 0 Å². The summed E-state index contributed by atoms with van der Waals surface area (Å²) in [5.41, 5.74) is -0.349. The van der Waals surface area contributed by atoms with Crippen LogP contribution >= 0.6 is 0 Å². The first kappa shape index (κ1) is 22.3. The van der Waals surface area contributed by atoms with Gasteiger partial charge >= 0.3 is 0 Å². The van der Waals surface area contributed by atoms with Crippen LogP contribution in [0.2, 0.25) is 0 Å². The second-order valence-corrected chi connectivity index (χ2v) is 7.01. The van der Waals surface area contributed by atoms with Gasteiger partial charge in [-0.1, -0.05) is 58.1 Å². The van der Waals surface area contributed by atoms with Gasteiger partial charge in [0.2, 0.25) is 5.82 Å². The monoisotopic (exact) mass is 396 g/mol. The van der Waals surface area contributed by atoms with Gasteiger partial charge in [0.15, 0.2) is 23.2 Å². The molecule has 0 aliphatic rings. The molecule has 0 saturated carbocycles. The van der Waals surface area contributed by atoms with Crippen LogP contribution in [0.5, 0.6) is 5.75 Å². The molecule has 0 spiro atoms. The molecule has 0 bridgehead atoms. The van der Waals surface area contributed by atoms with Crippen LogP contribution in [-0.2, 0) is 6.42 Å². The van der Waals surface area contributed by atoms with Crippen LogP contribution in [0, 0.1) is 23.3 Å². The average Bonchev–Trinajstić information content (AvgIpc) is 2.69. The molecular weight excluding hydrogens is 368 g/mol. The number of ether oxygens (including phenoxy) is 1. The van der Waals surface area contributed by atoms with Gasteiger partial charge in [-0.05, 0) is 37.0 Å². The van der Waals surface area contributed by atoms with E-state index in [1.54, 1.807) is 0 Å². The molecule has 0 aliphatic heterocycles. The van der Waals surface area contributed by atoms with Crippen molar-refractivity contribution >= 4 is 0 Å². The molecule has 1 nitrogen and oxygen atoms in total. The quantitative estimate of drug-likeness (QED) is 0.281. The molecule has 5 heteroatoms. The van der Waals surface area contributed by atoms with Crippen molar-refractivity contribution < 1.29 is 22.3 Å². The van der Waals surface area contributed by atoms with E-state index in [0.717, 1.165) is 44.9 Å². The van der Waals surface area contributed by atoms with Gasteiger partial charge in [-0.15, -0.1) is 0 Å². The Labute approximate surface area is 164 Å². The predicted molar refractivity (Wildman–Crippen MR) is 105 cm³/mol. The third kappa shape index (κ3) is 5.49. The Kier molecular flexibility index (Phi) is 8.81. The number of aryl methyl sites for hydroxylation is 1. The summed E-state index contributed by atoms with van der Waals surface area (Å²) in [6, 6.07) is 5.25. The fourth-order valence-electron chi connectivity index (χ4n) is 3.12. The minimum Gasteiger partial charge on any atom is -0.490 e. The first-order valence-corrected chi connectivity index (χ1v) is 10.1. The Morgan fingerprint density at radius 2 is 1.25 bits per heavy atom. The van der Waals surface area contributed by atoms with Crippen molar-refractivity contribution in [2.75, 3.05) is 6.61 Å². The minimum absolute atomic E-state index is 0.213. The van der Waals surface area contributed by atoms with Gasteiger partial charge in [0.05, 0.1) is 6.61 Å². The average molecular weight is 396 g/mol. The molecule has 154 valence electrons. The molecule has 0 heterocycles. The molecule has 0 unspecified atom stereocenters. The topological polar surface area (TPSA) is 9.23 Å². The van der Waals surface area contributed by atoms with Crippen LogP contribution in [0.15, 0.2) is 24.3 Å². The zero-order chi connectivity index (χ0) is 20.5. The third-order valence-electron chi connectivity index (χ3n) is 4.80. The smallest absolute Gasteiger partial charge is 0.201 e. The third-order valence-corrected chi connectivity index (χ3v) is 4.80. The van der Waals surface area contributed by atoms with Crippen molar-refractivity contribution in [3.63, 3.8) is 0 Å². The lowest BCUT2D eigenvalue weighted by molar-refractivity contribution is 0.285. The standard InChI is InChI=1S/C23H28F4O/c1-3-5-7-9-15-28-19-14-13-18(22(26)23(19)27)17-12-11-16(10-8-6-4-2)20(24)21(17)25/h11-14H,3-10,15H2,1-2H3. The number of benzene rings is 2. The molecule has 0 amide bonds. The van der Waals surface area contributed by atoms with E-state index in [1.165, 1.54) is 24.3 Å². The second kappa shape index (κ2) is 11.1. The van der Waals surface area contributed by atoms with Crippen LogP contribution in [0.4, 0.5) is 17.6 Å². The molecule has 0 saturated heterocycles. The Bertz CT molecular complexity index is 774. The summed E-state index contributed by atoms with van der Waals surface area (Å²) in [5.74, 6) is -4.78. The molecule has 2 aromatic rings. The molecule has 0 radical (unpaired) electrons. The molecule has 0 N–H and O–H groups in total. The maximum atomic E-state index is 14.5. The van der Waals surface area contributed by atoms with Crippen LogP contribution in [-0.4, -0.2) is 6.61 Å². The minimum atomic E-state index is -1.23. The van der Waals surface area contributed by atoms with Gasteiger partial charge < -0.3 is 4.74 Å². The molecule has 0 aliphatic carbocycles. The Hall–Kier alpha value is -2.04.